The Kier molecular flexibility index (Phi) is 3.59. The van der Waals surface area contributed by atoms with Crippen molar-refractivity contribution in [3.05, 3.63) is 36.5 Å². The molecular weight excluding hydrogens is 309 g/mol. The first kappa shape index (κ1) is 15.1. The van der Waals surface area contributed by atoms with Crippen LogP contribution in [0.2, 0.25) is 0 Å². The van der Waals surface area contributed by atoms with Gasteiger partial charge in [0.15, 0.2) is 12.4 Å². The molecule has 0 radical (unpaired) electrons. The second-order valence-corrected chi connectivity index (χ2v) is 5.00. The number of hydrogen-bond donors (Lipinski definition) is 1. The summed E-state index contributed by atoms with van der Waals surface area (Å²) < 4.78 is 43.5. The summed E-state index contributed by atoms with van der Waals surface area (Å²) in [5.41, 5.74) is 7.71. The number of nitrogens with two attached hydrogens (primary N) is 1. The van der Waals surface area contributed by atoms with Crippen LogP contribution < -0.4 is 10.5 Å². The van der Waals surface area contributed by atoms with E-state index in [1.807, 2.05) is 0 Å². The molecule has 0 saturated carbocycles. The van der Waals surface area contributed by atoms with Gasteiger partial charge < -0.3 is 10.5 Å². The van der Waals surface area contributed by atoms with Crippen molar-refractivity contribution in [3.63, 3.8) is 0 Å². The molecule has 0 aliphatic heterocycles. The second kappa shape index (κ2) is 5.45. The van der Waals surface area contributed by atoms with Gasteiger partial charge >= 0.3 is 6.18 Å². The second-order valence-electron chi connectivity index (χ2n) is 5.00. The van der Waals surface area contributed by atoms with Crippen molar-refractivity contribution in [1.29, 1.82) is 0 Å². The number of nitrogens with zero attached hydrogens (tertiary/aromatic N) is 3. The third-order valence-corrected chi connectivity index (χ3v) is 3.33. The molecule has 3 aromatic rings. The van der Waals surface area contributed by atoms with Gasteiger partial charge in [-0.25, -0.2) is 4.98 Å². The topological polar surface area (TPSA) is 66.0 Å². The van der Waals surface area contributed by atoms with Crippen molar-refractivity contribution in [2.75, 3.05) is 12.3 Å². The zero-order valence-electron chi connectivity index (χ0n) is 12.1. The Bertz CT molecular complexity index is 858. The third-order valence-electron chi connectivity index (χ3n) is 3.33. The number of pyridine rings is 1. The number of benzene rings is 1. The number of ether oxygens (including phenoxy) is 1. The number of aryl methyl sites for hydroxylation is 1. The Hall–Kier alpha value is -2.77. The molecule has 0 fully saturated rings. The summed E-state index contributed by atoms with van der Waals surface area (Å²) in [7, 11) is 1.74. The number of halogens is 3. The molecular formula is C15H13F3N4O. The molecule has 2 heterocycles. The molecule has 8 heteroatoms. The lowest BCUT2D eigenvalue weighted by Crippen LogP contribution is -2.19. The maximum absolute atomic E-state index is 12.4. The first-order valence-electron chi connectivity index (χ1n) is 6.72. The van der Waals surface area contributed by atoms with E-state index < -0.39 is 12.8 Å². The Labute approximate surface area is 129 Å². The molecule has 0 bridgehead atoms. The number of alkyl halides is 3. The van der Waals surface area contributed by atoms with Crippen molar-refractivity contribution in [2.24, 2.45) is 7.05 Å². The van der Waals surface area contributed by atoms with Crippen LogP contribution in [0.1, 0.15) is 0 Å². The van der Waals surface area contributed by atoms with E-state index in [2.05, 4.69) is 10.1 Å². The summed E-state index contributed by atoms with van der Waals surface area (Å²) in [5.74, 6) is 0.327. The van der Waals surface area contributed by atoms with Crippen LogP contribution in [0.4, 0.5) is 19.0 Å². The molecule has 2 N–H and O–H groups in total. The molecule has 120 valence electrons. The van der Waals surface area contributed by atoms with Crippen LogP contribution in [-0.4, -0.2) is 27.5 Å². The highest BCUT2D eigenvalue weighted by Crippen LogP contribution is 2.32. The van der Waals surface area contributed by atoms with Crippen molar-refractivity contribution >= 4 is 16.7 Å². The summed E-state index contributed by atoms with van der Waals surface area (Å²) >= 11 is 0. The van der Waals surface area contributed by atoms with Gasteiger partial charge in [-0.2, -0.15) is 18.3 Å². The summed E-state index contributed by atoms with van der Waals surface area (Å²) in [4.78, 5) is 3.90. The van der Waals surface area contributed by atoms with Crippen molar-refractivity contribution in [2.45, 2.75) is 6.18 Å². The van der Waals surface area contributed by atoms with Gasteiger partial charge in [0.1, 0.15) is 0 Å². The van der Waals surface area contributed by atoms with Gasteiger partial charge in [-0.3, -0.25) is 4.68 Å². The third kappa shape index (κ3) is 3.05. The van der Waals surface area contributed by atoms with Crippen LogP contribution in [0.15, 0.2) is 36.5 Å². The van der Waals surface area contributed by atoms with Gasteiger partial charge in [0, 0.05) is 24.2 Å². The lowest BCUT2D eigenvalue weighted by Gasteiger charge is -2.12. The average Bonchev–Trinajstić information content (AvgIpc) is 2.79. The predicted octanol–water partition coefficient (Wildman–Crippen LogP) is 3.16. The van der Waals surface area contributed by atoms with E-state index in [1.54, 1.807) is 42.1 Å². The number of rotatable bonds is 3. The molecule has 0 spiro atoms. The van der Waals surface area contributed by atoms with Gasteiger partial charge in [0.25, 0.3) is 0 Å². The maximum Gasteiger partial charge on any atom is 0.422 e. The van der Waals surface area contributed by atoms with E-state index in [4.69, 9.17) is 10.5 Å². The Morgan fingerprint density at radius 3 is 2.78 bits per heavy atom. The van der Waals surface area contributed by atoms with Gasteiger partial charge in [-0.1, -0.05) is 6.07 Å². The lowest BCUT2D eigenvalue weighted by atomic mass is 10.1. The van der Waals surface area contributed by atoms with Gasteiger partial charge in [-0.15, -0.1) is 0 Å². The van der Waals surface area contributed by atoms with Gasteiger partial charge in [0.2, 0.25) is 5.88 Å². The van der Waals surface area contributed by atoms with Crippen molar-refractivity contribution in [1.82, 2.24) is 14.8 Å². The zero-order valence-corrected chi connectivity index (χ0v) is 12.1. The Morgan fingerprint density at radius 1 is 1.26 bits per heavy atom. The van der Waals surface area contributed by atoms with E-state index in [9.17, 15) is 13.2 Å². The molecule has 0 aliphatic carbocycles. The van der Waals surface area contributed by atoms with Crippen LogP contribution >= 0.6 is 0 Å². The standard InChI is InChI=1S/C15H13F3N4O/c1-22-12-7-9(4-5-11(12)13(19)21-22)10-3-2-6-20-14(10)23-8-15(16,17)18/h2-7H,8H2,1H3,(H2,19,21). The van der Waals surface area contributed by atoms with E-state index in [0.717, 1.165) is 10.9 Å². The summed E-state index contributed by atoms with van der Waals surface area (Å²) in [5, 5.41) is 4.89. The molecule has 0 atom stereocenters. The first-order valence-corrected chi connectivity index (χ1v) is 6.72. The number of hydrogen-bond acceptors (Lipinski definition) is 4. The number of aromatic nitrogens is 3. The fourth-order valence-electron chi connectivity index (χ4n) is 2.33. The Morgan fingerprint density at radius 2 is 2.04 bits per heavy atom. The smallest absolute Gasteiger partial charge is 0.422 e. The van der Waals surface area contributed by atoms with Crippen LogP contribution in [0.5, 0.6) is 5.88 Å². The minimum absolute atomic E-state index is 0.0701. The molecule has 0 unspecified atom stereocenters. The van der Waals surface area contributed by atoms with E-state index in [-0.39, 0.29) is 5.88 Å². The fraction of sp³-hybridized carbons (Fsp3) is 0.200. The summed E-state index contributed by atoms with van der Waals surface area (Å²) in [6.45, 7) is -1.39. The number of fused-ring (bicyclic) bond motifs is 1. The van der Waals surface area contributed by atoms with Crippen molar-refractivity contribution < 1.29 is 17.9 Å². The molecule has 1 aromatic carbocycles. The quantitative estimate of drug-likeness (QED) is 0.804. The average molecular weight is 322 g/mol. The minimum atomic E-state index is -4.42. The van der Waals surface area contributed by atoms with Crippen LogP contribution in [-0.2, 0) is 7.05 Å². The summed E-state index contributed by atoms with van der Waals surface area (Å²) in [6, 6.07) is 8.60. The maximum atomic E-state index is 12.4. The van der Waals surface area contributed by atoms with Crippen LogP contribution in [0.3, 0.4) is 0 Å². The van der Waals surface area contributed by atoms with E-state index in [0.29, 0.717) is 16.9 Å². The number of anilines is 1. The van der Waals surface area contributed by atoms with Gasteiger partial charge in [-0.05, 0) is 29.8 Å². The normalized spacial score (nSPS) is 11.8. The molecule has 23 heavy (non-hydrogen) atoms. The molecule has 5 nitrogen and oxygen atoms in total. The molecule has 0 aliphatic rings. The first-order chi connectivity index (χ1) is 10.8. The predicted molar refractivity (Wildman–Crippen MR) is 79.9 cm³/mol. The van der Waals surface area contributed by atoms with E-state index in [1.165, 1.54) is 6.20 Å². The highest BCUT2D eigenvalue weighted by atomic mass is 19.4. The van der Waals surface area contributed by atoms with E-state index >= 15 is 0 Å². The van der Waals surface area contributed by atoms with Crippen LogP contribution in [0.25, 0.3) is 22.0 Å². The highest BCUT2D eigenvalue weighted by Gasteiger charge is 2.29. The SMILES string of the molecule is Cn1nc(N)c2ccc(-c3cccnc3OCC(F)(F)F)cc21. The van der Waals surface area contributed by atoms with Gasteiger partial charge in [0.05, 0.1) is 5.52 Å². The summed E-state index contributed by atoms with van der Waals surface area (Å²) in [6.07, 6.45) is -3.04. The monoisotopic (exact) mass is 322 g/mol. The number of nitrogen functional groups attached to an aromatic ring is 1. The largest absolute Gasteiger partial charge is 0.468 e. The molecule has 0 saturated heterocycles. The Balaban J connectivity index is 2.03. The fourth-order valence-corrected chi connectivity index (χ4v) is 2.33. The minimum Gasteiger partial charge on any atom is -0.468 e. The van der Waals surface area contributed by atoms with Crippen molar-refractivity contribution in [3.8, 4) is 17.0 Å². The molecule has 0 amide bonds. The molecule has 3 rings (SSSR count). The zero-order chi connectivity index (χ0) is 16.6. The lowest BCUT2D eigenvalue weighted by molar-refractivity contribution is -0.154. The highest BCUT2D eigenvalue weighted by molar-refractivity contribution is 5.92. The van der Waals surface area contributed by atoms with Crippen LogP contribution in [0, 0.1) is 0 Å². The molecule has 2 aromatic heterocycles.